The lowest BCUT2D eigenvalue weighted by Crippen LogP contribution is -2.23. The minimum absolute atomic E-state index is 0.0392. The van der Waals surface area contributed by atoms with Crippen LogP contribution in [0.5, 0.6) is 11.5 Å². The normalized spacial score (nSPS) is 15.7. The molecule has 3 aromatic rings. The van der Waals surface area contributed by atoms with Gasteiger partial charge in [0.1, 0.15) is 6.61 Å². The van der Waals surface area contributed by atoms with Gasteiger partial charge in [0, 0.05) is 23.6 Å². The molecule has 1 atom stereocenters. The lowest BCUT2D eigenvalue weighted by molar-refractivity contribution is -0.116. The fourth-order valence-electron chi connectivity index (χ4n) is 3.58. The molecule has 0 spiro atoms. The SMILES string of the molecule is COc1cc(C2CC(=O)Nc3n[nH]c(C)c32)ccc1OCc1ccc(C)cc1. The Bertz CT molecular complexity index is 1010. The smallest absolute Gasteiger partial charge is 0.226 e. The Morgan fingerprint density at radius 3 is 2.64 bits per heavy atom. The number of amides is 1. The maximum absolute atomic E-state index is 12.1. The third kappa shape index (κ3) is 3.45. The summed E-state index contributed by atoms with van der Waals surface area (Å²) in [5.41, 5.74) is 5.30. The van der Waals surface area contributed by atoms with E-state index in [4.69, 9.17) is 9.47 Å². The number of aryl methyl sites for hydroxylation is 2. The number of carbonyl (C=O) groups excluding carboxylic acids is 1. The number of nitrogens with zero attached hydrogens (tertiary/aromatic N) is 1. The number of benzene rings is 2. The summed E-state index contributed by atoms with van der Waals surface area (Å²) in [5, 5.41) is 9.99. The van der Waals surface area contributed by atoms with E-state index in [2.05, 4.69) is 46.7 Å². The zero-order valence-corrected chi connectivity index (χ0v) is 16.2. The van der Waals surface area contributed by atoms with Crippen molar-refractivity contribution in [2.24, 2.45) is 0 Å². The van der Waals surface area contributed by atoms with Gasteiger partial charge in [-0.1, -0.05) is 35.9 Å². The summed E-state index contributed by atoms with van der Waals surface area (Å²) in [6.07, 6.45) is 0.375. The Morgan fingerprint density at radius 1 is 1.11 bits per heavy atom. The number of anilines is 1. The maximum Gasteiger partial charge on any atom is 0.226 e. The molecule has 0 aliphatic carbocycles. The largest absolute Gasteiger partial charge is 0.493 e. The van der Waals surface area contributed by atoms with Crippen LogP contribution in [-0.4, -0.2) is 23.2 Å². The minimum atomic E-state index is -0.0671. The average molecular weight is 377 g/mol. The first kappa shape index (κ1) is 18.1. The second-order valence-electron chi connectivity index (χ2n) is 7.10. The molecule has 1 aliphatic heterocycles. The standard InChI is InChI=1S/C22H23N3O3/c1-13-4-6-15(7-5-13)12-28-18-9-8-16(10-19(18)27-3)17-11-20(26)23-22-21(17)14(2)24-25-22/h4-10,17H,11-12H2,1-3H3,(H2,23,24,25,26). The number of methoxy groups -OCH3 is 1. The highest BCUT2D eigenvalue weighted by molar-refractivity contribution is 5.94. The van der Waals surface area contributed by atoms with Crippen molar-refractivity contribution < 1.29 is 14.3 Å². The molecule has 28 heavy (non-hydrogen) atoms. The van der Waals surface area contributed by atoms with Crippen molar-refractivity contribution in [1.82, 2.24) is 10.2 Å². The first-order chi connectivity index (χ1) is 13.5. The number of H-pyrrole nitrogens is 1. The summed E-state index contributed by atoms with van der Waals surface area (Å²) in [7, 11) is 1.62. The van der Waals surface area contributed by atoms with E-state index in [9.17, 15) is 4.79 Å². The molecule has 0 fully saturated rings. The predicted molar refractivity (Wildman–Crippen MR) is 107 cm³/mol. The number of aromatic nitrogens is 2. The molecule has 0 saturated carbocycles. The van der Waals surface area contributed by atoms with Gasteiger partial charge in [0.05, 0.1) is 7.11 Å². The number of fused-ring (bicyclic) bond motifs is 1. The van der Waals surface area contributed by atoms with Crippen LogP contribution in [0.4, 0.5) is 5.82 Å². The number of carbonyl (C=O) groups is 1. The summed E-state index contributed by atoms with van der Waals surface area (Å²) in [5.74, 6) is 1.83. The fraction of sp³-hybridized carbons (Fsp3) is 0.273. The zero-order valence-electron chi connectivity index (χ0n) is 16.2. The van der Waals surface area contributed by atoms with Gasteiger partial charge >= 0.3 is 0 Å². The molecule has 1 aliphatic rings. The summed E-state index contributed by atoms with van der Waals surface area (Å²) in [6.45, 7) is 4.49. The number of hydrogen-bond donors (Lipinski definition) is 2. The molecule has 144 valence electrons. The van der Waals surface area contributed by atoms with Crippen molar-refractivity contribution in [3.8, 4) is 11.5 Å². The third-order valence-electron chi connectivity index (χ3n) is 5.10. The average Bonchev–Trinajstić information content (AvgIpc) is 3.07. The van der Waals surface area contributed by atoms with Crippen LogP contribution >= 0.6 is 0 Å². The van der Waals surface area contributed by atoms with E-state index in [1.807, 2.05) is 25.1 Å². The van der Waals surface area contributed by atoms with E-state index in [0.717, 1.165) is 22.4 Å². The molecule has 6 nitrogen and oxygen atoms in total. The summed E-state index contributed by atoms with van der Waals surface area (Å²) >= 11 is 0. The molecule has 0 bridgehead atoms. The van der Waals surface area contributed by atoms with Gasteiger partial charge < -0.3 is 14.8 Å². The van der Waals surface area contributed by atoms with Crippen LogP contribution in [0.1, 0.15) is 40.3 Å². The van der Waals surface area contributed by atoms with Crippen molar-refractivity contribution >= 4 is 11.7 Å². The van der Waals surface area contributed by atoms with Crippen LogP contribution in [-0.2, 0) is 11.4 Å². The molecule has 2 N–H and O–H groups in total. The molecule has 4 rings (SSSR count). The Hall–Kier alpha value is -3.28. The van der Waals surface area contributed by atoms with E-state index in [1.165, 1.54) is 5.56 Å². The highest BCUT2D eigenvalue weighted by Gasteiger charge is 2.30. The molecule has 1 unspecified atom stereocenters. The highest BCUT2D eigenvalue weighted by Crippen LogP contribution is 2.40. The van der Waals surface area contributed by atoms with Crippen LogP contribution in [0.3, 0.4) is 0 Å². The lowest BCUT2D eigenvalue weighted by atomic mass is 9.85. The van der Waals surface area contributed by atoms with Gasteiger partial charge in [0.2, 0.25) is 5.91 Å². The van der Waals surface area contributed by atoms with E-state index in [1.54, 1.807) is 7.11 Å². The molecule has 2 aromatic carbocycles. The molecule has 1 aromatic heterocycles. The second kappa shape index (κ2) is 7.38. The number of ether oxygens (including phenoxy) is 2. The number of rotatable bonds is 5. The Labute approximate surface area is 163 Å². The first-order valence-electron chi connectivity index (χ1n) is 9.26. The monoisotopic (exact) mass is 377 g/mol. The zero-order chi connectivity index (χ0) is 19.7. The van der Waals surface area contributed by atoms with E-state index in [-0.39, 0.29) is 11.8 Å². The molecular formula is C22H23N3O3. The van der Waals surface area contributed by atoms with Crippen LogP contribution in [0.15, 0.2) is 42.5 Å². The van der Waals surface area contributed by atoms with Crippen molar-refractivity contribution in [2.45, 2.75) is 32.8 Å². The van der Waals surface area contributed by atoms with E-state index in [0.29, 0.717) is 30.3 Å². The Morgan fingerprint density at radius 2 is 1.89 bits per heavy atom. The van der Waals surface area contributed by atoms with Gasteiger partial charge in [-0.15, -0.1) is 0 Å². The van der Waals surface area contributed by atoms with Crippen molar-refractivity contribution in [1.29, 1.82) is 0 Å². The Kier molecular flexibility index (Phi) is 4.77. The summed E-state index contributed by atoms with van der Waals surface area (Å²) < 4.78 is 11.5. The van der Waals surface area contributed by atoms with Crippen molar-refractivity contribution in [3.63, 3.8) is 0 Å². The molecular weight excluding hydrogens is 354 g/mol. The number of aromatic amines is 1. The Balaban J connectivity index is 1.59. The second-order valence-corrected chi connectivity index (χ2v) is 7.10. The predicted octanol–water partition coefficient (Wildman–Crippen LogP) is 4.09. The topological polar surface area (TPSA) is 76.2 Å². The molecule has 0 saturated heterocycles. The van der Waals surface area contributed by atoms with Crippen LogP contribution in [0, 0.1) is 13.8 Å². The lowest BCUT2D eigenvalue weighted by Gasteiger charge is -2.23. The number of nitrogens with one attached hydrogen (secondary N) is 2. The van der Waals surface area contributed by atoms with Gasteiger partial charge in [-0.25, -0.2) is 0 Å². The fourth-order valence-corrected chi connectivity index (χ4v) is 3.58. The molecule has 2 heterocycles. The van der Waals surface area contributed by atoms with E-state index < -0.39 is 0 Å². The van der Waals surface area contributed by atoms with Gasteiger partial charge in [-0.2, -0.15) is 5.10 Å². The summed E-state index contributed by atoms with van der Waals surface area (Å²) in [4.78, 5) is 12.1. The van der Waals surface area contributed by atoms with Gasteiger partial charge in [0.15, 0.2) is 17.3 Å². The molecule has 0 radical (unpaired) electrons. The van der Waals surface area contributed by atoms with Gasteiger partial charge in [-0.05, 0) is 37.1 Å². The summed E-state index contributed by atoms with van der Waals surface area (Å²) in [6, 6.07) is 14.1. The van der Waals surface area contributed by atoms with Gasteiger partial charge in [0.25, 0.3) is 0 Å². The van der Waals surface area contributed by atoms with Gasteiger partial charge in [-0.3, -0.25) is 9.89 Å². The van der Waals surface area contributed by atoms with Crippen LogP contribution in [0.25, 0.3) is 0 Å². The van der Waals surface area contributed by atoms with Crippen molar-refractivity contribution in [3.05, 3.63) is 70.4 Å². The quantitative estimate of drug-likeness (QED) is 0.702. The number of hydrogen-bond acceptors (Lipinski definition) is 4. The first-order valence-corrected chi connectivity index (χ1v) is 9.26. The molecule has 1 amide bonds. The molecule has 6 heteroatoms. The van der Waals surface area contributed by atoms with Crippen LogP contribution < -0.4 is 14.8 Å². The minimum Gasteiger partial charge on any atom is -0.493 e. The third-order valence-corrected chi connectivity index (χ3v) is 5.10. The van der Waals surface area contributed by atoms with Crippen molar-refractivity contribution in [2.75, 3.05) is 12.4 Å². The van der Waals surface area contributed by atoms with Crippen LogP contribution in [0.2, 0.25) is 0 Å². The highest BCUT2D eigenvalue weighted by atomic mass is 16.5. The maximum atomic E-state index is 12.1. The van der Waals surface area contributed by atoms with E-state index >= 15 is 0 Å².